The molecular formula is C20H15FN2O2S. The molecule has 6 heteroatoms. The van der Waals surface area contributed by atoms with Crippen LogP contribution in [0.5, 0.6) is 0 Å². The lowest BCUT2D eigenvalue weighted by Crippen LogP contribution is -2.53. The van der Waals surface area contributed by atoms with E-state index in [9.17, 15) is 14.0 Å². The van der Waals surface area contributed by atoms with Crippen LogP contribution in [0.25, 0.3) is 17.2 Å². The van der Waals surface area contributed by atoms with Crippen LogP contribution in [0.2, 0.25) is 0 Å². The van der Waals surface area contributed by atoms with Gasteiger partial charge in [-0.25, -0.2) is 4.39 Å². The van der Waals surface area contributed by atoms with Crippen molar-refractivity contribution in [3.05, 3.63) is 78.1 Å². The average molecular weight is 366 g/mol. The molecule has 0 radical (unpaired) electrons. The highest BCUT2D eigenvalue weighted by molar-refractivity contribution is 7.80. The van der Waals surface area contributed by atoms with Crippen LogP contribution in [0.3, 0.4) is 0 Å². The maximum Gasteiger partial charge on any atom is 0.265 e. The maximum absolute atomic E-state index is 13.4. The lowest BCUT2D eigenvalue weighted by atomic mass is 10.0. The number of nitrogens with one attached hydrogen (secondary N) is 1. The van der Waals surface area contributed by atoms with E-state index in [1.807, 2.05) is 6.07 Å². The third-order valence-electron chi connectivity index (χ3n) is 3.85. The van der Waals surface area contributed by atoms with Gasteiger partial charge >= 0.3 is 0 Å². The Morgan fingerprint density at radius 2 is 1.81 bits per heavy atom. The summed E-state index contributed by atoms with van der Waals surface area (Å²) in [6.07, 6.45) is 3.03. The van der Waals surface area contributed by atoms with Crippen molar-refractivity contribution in [3.63, 3.8) is 0 Å². The highest BCUT2D eigenvalue weighted by Gasteiger charge is 2.32. The fourth-order valence-corrected chi connectivity index (χ4v) is 2.88. The number of nitrogens with zero attached hydrogens (tertiary/aromatic N) is 1. The summed E-state index contributed by atoms with van der Waals surface area (Å²) in [7, 11) is 0. The average Bonchev–Trinajstić information content (AvgIpc) is 2.62. The van der Waals surface area contributed by atoms with Crippen LogP contribution in [0.4, 0.5) is 4.39 Å². The van der Waals surface area contributed by atoms with Crippen LogP contribution in [-0.2, 0) is 9.59 Å². The van der Waals surface area contributed by atoms with Crippen molar-refractivity contribution in [3.8, 4) is 11.1 Å². The molecule has 1 fully saturated rings. The SMILES string of the molecule is C=CCN1C(=O)C(=Cc2cccc(-c3cccc(F)c3)c2)C(=O)NC1=S. The second-order valence-electron chi connectivity index (χ2n) is 5.66. The molecule has 2 aromatic rings. The minimum atomic E-state index is -0.545. The topological polar surface area (TPSA) is 49.4 Å². The number of halogens is 1. The number of carbonyl (C=O) groups is 2. The molecule has 0 spiro atoms. The van der Waals surface area contributed by atoms with Crippen molar-refractivity contribution < 1.29 is 14.0 Å². The Morgan fingerprint density at radius 1 is 1.12 bits per heavy atom. The molecule has 1 saturated heterocycles. The third-order valence-corrected chi connectivity index (χ3v) is 4.18. The molecule has 3 rings (SSSR count). The van der Waals surface area contributed by atoms with E-state index in [1.165, 1.54) is 29.2 Å². The van der Waals surface area contributed by atoms with Gasteiger partial charge in [0.25, 0.3) is 11.8 Å². The summed E-state index contributed by atoms with van der Waals surface area (Å²) in [6, 6.07) is 13.4. The molecule has 4 nitrogen and oxygen atoms in total. The fourth-order valence-electron chi connectivity index (χ4n) is 2.63. The Balaban J connectivity index is 1.97. The van der Waals surface area contributed by atoms with Gasteiger partial charge in [0, 0.05) is 6.54 Å². The van der Waals surface area contributed by atoms with Gasteiger partial charge in [0.15, 0.2) is 5.11 Å². The van der Waals surface area contributed by atoms with Gasteiger partial charge in [-0.2, -0.15) is 0 Å². The van der Waals surface area contributed by atoms with Gasteiger partial charge in [-0.05, 0) is 53.2 Å². The molecule has 0 unspecified atom stereocenters. The van der Waals surface area contributed by atoms with Crippen LogP contribution in [-0.4, -0.2) is 28.4 Å². The lowest BCUT2D eigenvalue weighted by Gasteiger charge is -2.27. The van der Waals surface area contributed by atoms with Gasteiger partial charge in [0.05, 0.1) is 0 Å². The van der Waals surface area contributed by atoms with Crippen LogP contribution in [0, 0.1) is 5.82 Å². The number of thiocarbonyl (C=S) groups is 1. The summed E-state index contributed by atoms with van der Waals surface area (Å²) in [5, 5.41) is 2.56. The maximum atomic E-state index is 13.4. The monoisotopic (exact) mass is 366 g/mol. The van der Waals surface area contributed by atoms with E-state index in [0.29, 0.717) is 11.1 Å². The van der Waals surface area contributed by atoms with E-state index in [0.717, 1.165) is 5.56 Å². The highest BCUT2D eigenvalue weighted by Crippen LogP contribution is 2.23. The second kappa shape index (κ2) is 7.41. The number of rotatable bonds is 4. The Hall–Kier alpha value is -3.12. The first-order valence-corrected chi connectivity index (χ1v) is 8.26. The quantitative estimate of drug-likeness (QED) is 0.391. The minimum absolute atomic E-state index is 0.0168. The predicted octanol–water partition coefficient (Wildman–Crippen LogP) is 3.31. The minimum Gasteiger partial charge on any atom is -0.298 e. The number of amides is 2. The van der Waals surface area contributed by atoms with Gasteiger partial charge in [0.1, 0.15) is 11.4 Å². The van der Waals surface area contributed by atoms with Crippen molar-refractivity contribution in [2.24, 2.45) is 0 Å². The zero-order valence-corrected chi connectivity index (χ0v) is 14.6. The van der Waals surface area contributed by atoms with Crippen molar-refractivity contribution in [1.29, 1.82) is 0 Å². The zero-order valence-electron chi connectivity index (χ0n) is 13.7. The third kappa shape index (κ3) is 3.60. The largest absolute Gasteiger partial charge is 0.298 e. The molecule has 26 heavy (non-hydrogen) atoms. The Bertz CT molecular complexity index is 952. The molecule has 0 bridgehead atoms. The van der Waals surface area contributed by atoms with E-state index in [2.05, 4.69) is 11.9 Å². The molecule has 0 aromatic heterocycles. The zero-order chi connectivity index (χ0) is 18.7. The summed E-state index contributed by atoms with van der Waals surface area (Å²) in [5.41, 5.74) is 2.12. The Morgan fingerprint density at radius 3 is 2.50 bits per heavy atom. The van der Waals surface area contributed by atoms with E-state index < -0.39 is 11.8 Å². The number of benzene rings is 2. The summed E-state index contributed by atoms with van der Waals surface area (Å²) >= 11 is 5.02. The smallest absolute Gasteiger partial charge is 0.265 e. The van der Waals surface area contributed by atoms with Crippen LogP contribution < -0.4 is 5.32 Å². The summed E-state index contributed by atoms with van der Waals surface area (Å²) in [4.78, 5) is 26.0. The second-order valence-corrected chi connectivity index (χ2v) is 6.04. The molecule has 130 valence electrons. The van der Waals surface area contributed by atoms with E-state index in [4.69, 9.17) is 12.2 Å². The first-order chi connectivity index (χ1) is 12.5. The van der Waals surface area contributed by atoms with Crippen LogP contribution >= 0.6 is 12.2 Å². The molecule has 0 saturated carbocycles. The standard InChI is InChI=1S/C20H15FN2O2S/c1-2-9-23-19(25)17(18(24)22-20(23)26)11-13-5-3-6-14(10-13)15-7-4-8-16(21)12-15/h2-8,10-12H,1,9H2,(H,22,24,26). The van der Waals surface area contributed by atoms with Gasteiger partial charge < -0.3 is 0 Å². The molecular weight excluding hydrogens is 351 g/mol. The lowest BCUT2D eigenvalue weighted by molar-refractivity contribution is -0.128. The van der Waals surface area contributed by atoms with Gasteiger partial charge in [-0.15, -0.1) is 6.58 Å². The fraction of sp³-hybridized carbons (Fsp3) is 0.0500. The van der Waals surface area contributed by atoms with E-state index >= 15 is 0 Å². The molecule has 2 amide bonds. The van der Waals surface area contributed by atoms with Crippen molar-refractivity contribution in [1.82, 2.24) is 10.2 Å². The molecule has 1 aliphatic rings. The summed E-state index contributed by atoms with van der Waals surface area (Å²) in [5.74, 6) is -1.35. The van der Waals surface area contributed by atoms with Crippen LogP contribution in [0.15, 0.2) is 66.8 Å². The van der Waals surface area contributed by atoms with Crippen molar-refractivity contribution in [2.45, 2.75) is 0 Å². The molecule has 2 aromatic carbocycles. The summed E-state index contributed by atoms with van der Waals surface area (Å²) in [6.45, 7) is 3.79. The molecule has 1 aliphatic heterocycles. The van der Waals surface area contributed by atoms with Crippen molar-refractivity contribution in [2.75, 3.05) is 6.54 Å². The van der Waals surface area contributed by atoms with E-state index in [-0.39, 0.29) is 23.0 Å². The van der Waals surface area contributed by atoms with Gasteiger partial charge in [0.2, 0.25) is 0 Å². The van der Waals surface area contributed by atoms with E-state index in [1.54, 1.807) is 30.3 Å². The first-order valence-electron chi connectivity index (χ1n) is 7.85. The van der Waals surface area contributed by atoms with Crippen molar-refractivity contribution >= 4 is 35.2 Å². The van der Waals surface area contributed by atoms with Gasteiger partial charge in [-0.3, -0.25) is 19.8 Å². The Labute approximate surface area is 155 Å². The normalized spacial score (nSPS) is 16.0. The number of carbonyl (C=O) groups excluding carboxylic acids is 2. The molecule has 0 atom stereocenters. The number of hydrogen-bond donors (Lipinski definition) is 1. The number of hydrogen-bond acceptors (Lipinski definition) is 3. The molecule has 1 N–H and O–H groups in total. The molecule has 0 aliphatic carbocycles. The van der Waals surface area contributed by atoms with Crippen LogP contribution in [0.1, 0.15) is 5.56 Å². The molecule has 1 heterocycles. The predicted molar refractivity (Wildman–Crippen MR) is 102 cm³/mol. The Kier molecular flexibility index (Phi) is 5.04. The summed E-state index contributed by atoms with van der Waals surface area (Å²) < 4.78 is 13.4. The highest BCUT2D eigenvalue weighted by atomic mass is 32.1. The first kappa shape index (κ1) is 17.7. The van der Waals surface area contributed by atoms with Gasteiger partial charge in [-0.1, -0.05) is 36.4 Å².